The molecule has 54 heavy (non-hydrogen) atoms. The molecule has 0 aliphatic heterocycles. The first-order valence-corrected chi connectivity index (χ1v) is 29.1. The van der Waals surface area contributed by atoms with Gasteiger partial charge in [-0.1, -0.05) is 44.3 Å². The van der Waals surface area contributed by atoms with E-state index in [2.05, 4.69) is 69.1 Å². The molecule has 0 unspecified atom stereocenters. The molecule has 0 amide bonds. The molecule has 0 aliphatic rings. The van der Waals surface area contributed by atoms with Crippen LogP contribution in [-0.4, -0.2) is 67.8 Å². The van der Waals surface area contributed by atoms with Crippen LogP contribution in [0.5, 0.6) is 5.75 Å². The van der Waals surface area contributed by atoms with Crippen molar-refractivity contribution >= 4 is 97.2 Å². The largest absolute Gasteiger partial charge is 0.505 e. The lowest BCUT2D eigenvalue weighted by molar-refractivity contribution is -0.432. The summed E-state index contributed by atoms with van der Waals surface area (Å²) in [6.45, 7) is 12.5. The number of hydrogen-bond acceptors (Lipinski definition) is 16. The van der Waals surface area contributed by atoms with E-state index in [0.717, 1.165) is 6.07 Å². The van der Waals surface area contributed by atoms with Crippen molar-refractivity contribution in [3.63, 3.8) is 0 Å². The average Bonchev–Trinajstić information content (AvgIpc) is 3.07. The Bertz CT molecular complexity index is 2420. The van der Waals surface area contributed by atoms with Crippen LogP contribution in [0.4, 0.5) is 28.4 Å². The number of rotatable bonds is 16. The van der Waals surface area contributed by atoms with E-state index >= 15 is 0 Å². The fourth-order valence-electron chi connectivity index (χ4n) is 4.80. The van der Waals surface area contributed by atoms with Crippen LogP contribution in [0.15, 0.2) is 101 Å². The van der Waals surface area contributed by atoms with Gasteiger partial charge in [0.2, 0.25) is 0 Å². The highest BCUT2D eigenvalue weighted by atomic mass is 32.2. The number of benzene rings is 4. The average molecular weight is 856 g/mol. The smallest absolute Gasteiger partial charge is 0.296 e. The summed E-state index contributed by atoms with van der Waals surface area (Å²) < 4.78 is 91.0. The van der Waals surface area contributed by atoms with Gasteiger partial charge in [-0.2, -0.15) is 18.6 Å². The van der Waals surface area contributed by atoms with Crippen molar-refractivity contribution in [1.29, 1.82) is 0 Å². The molecule has 292 valence electrons. The van der Waals surface area contributed by atoms with Crippen LogP contribution >= 0.6 is 12.0 Å². The molecule has 0 saturated heterocycles. The van der Waals surface area contributed by atoms with Gasteiger partial charge in [0.05, 0.1) is 60.7 Å². The third-order valence-corrected chi connectivity index (χ3v) is 17.1. The topological polar surface area (TPSA) is 257 Å². The first kappa shape index (κ1) is 43.1. The molecule has 4 aromatic rings. The lowest BCUT2D eigenvalue weighted by Crippen LogP contribution is -2.23. The number of hydrogen-bond donors (Lipinski definition) is 4. The molecule has 0 fully saturated rings. The molecule has 0 saturated carbocycles. The van der Waals surface area contributed by atoms with Crippen LogP contribution in [-0.2, 0) is 39.2 Å². The Labute approximate surface area is 320 Å². The second-order valence-corrected chi connectivity index (χ2v) is 32.2. The highest BCUT2D eigenvalue weighted by molar-refractivity contribution is 7.94. The second kappa shape index (κ2) is 16.6. The van der Waals surface area contributed by atoms with Gasteiger partial charge >= 0.3 is 0 Å². The van der Waals surface area contributed by atoms with Crippen LogP contribution in [0.2, 0.25) is 51.4 Å². The quantitative estimate of drug-likeness (QED) is 0.0156. The number of fused-ring (bicyclic) bond motifs is 1. The Morgan fingerprint density at radius 3 is 1.56 bits per heavy atom. The molecular weight excluding hydrogens is 815 g/mol. The van der Waals surface area contributed by atoms with E-state index in [9.17, 15) is 34.9 Å². The van der Waals surface area contributed by atoms with E-state index in [0.29, 0.717) is 24.1 Å². The number of phenols is 1. The number of nitrogen functional groups attached to an aromatic ring is 1. The van der Waals surface area contributed by atoms with Crippen molar-refractivity contribution in [1.82, 2.24) is 0 Å². The number of nitrogens with two attached hydrogens (primary N) is 1. The van der Waals surface area contributed by atoms with Crippen molar-refractivity contribution in [2.45, 2.75) is 71.0 Å². The third kappa shape index (κ3) is 11.2. The molecule has 0 spiro atoms. The minimum absolute atomic E-state index is 0.00510. The maximum absolute atomic E-state index is 12.8. The minimum atomic E-state index is -5.00. The lowest BCUT2D eigenvalue weighted by Gasteiger charge is -2.15. The SMILES string of the molecule is C[Si](C)(C)CCS(=O)(=O)c1ccc(N=Nc2c(S(=O)(=O)O)cc3cc(SOOO)c(N=Nc4ccc(S(=O)(=O)CC[Si](C)(C)C)cc4)c(O)c3c2N)cc1. The van der Waals surface area contributed by atoms with Gasteiger partial charge in [-0.05, 0) is 78.1 Å². The summed E-state index contributed by atoms with van der Waals surface area (Å²) in [6, 6.07) is 14.4. The predicted molar refractivity (Wildman–Crippen MR) is 212 cm³/mol. The molecule has 0 radical (unpaired) electrons. The number of phenolic OH excluding ortho intramolecular Hbond substituents is 1. The minimum Gasteiger partial charge on any atom is -0.505 e. The Morgan fingerprint density at radius 1 is 0.704 bits per heavy atom. The standard InChI is InChI=1S/C32H41N5O11S4Si2/c1-53(2,3)17-15-50(40,41)24-11-7-22(8-12-24)34-36-30-26(49-48-47-39)19-21-20-27(52(44,45)46)31(29(33)28(21)32(30)38)37-35-23-9-13-25(14-10-23)51(42,43)16-18-54(4,5)6/h7-14,19-20,38-39H,15-18,33H2,1-6H3,(H,44,45,46). The Hall–Kier alpha value is -3.59. The van der Waals surface area contributed by atoms with Gasteiger partial charge in [0.1, 0.15) is 16.3 Å². The summed E-state index contributed by atoms with van der Waals surface area (Å²) in [5.41, 5.74) is 5.44. The summed E-state index contributed by atoms with van der Waals surface area (Å²) in [4.78, 5) is -0.637. The van der Waals surface area contributed by atoms with Gasteiger partial charge in [-0.25, -0.2) is 22.1 Å². The van der Waals surface area contributed by atoms with Crippen molar-refractivity contribution in [3.05, 3.63) is 60.7 Å². The van der Waals surface area contributed by atoms with Gasteiger partial charge in [-0.3, -0.25) is 4.55 Å². The maximum Gasteiger partial charge on any atom is 0.296 e. The Kier molecular flexibility index (Phi) is 13.3. The highest BCUT2D eigenvalue weighted by Gasteiger charge is 2.26. The molecule has 4 aromatic carbocycles. The van der Waals surface area contributed by atoms with Crippen molar-refractivity contribution < 1.29 is 49.5 Å². The van der Waals surface area contributed by atoms with Gasteiger partial charge in [0.25, 0.3) is 10.1 Å². The Morgan fingerprint density at radius 2 is 1.15 bits per heavy atom. The van der Waals surface area contributed by atoms with Crippen molar-refractivity contribution in [2.75, 3.05) is 17.2 Å². The lowest BCUT2D eigenvalue weighted by atomic mass is 10.1. The van der Waals surface area contributed by atoms with E-state index in [-0.39, 0.29) is 54.0 Å². The van der Waals surface area contributed by atoms with E-state index < -0.39 is 68.0 Å². The molecule has 22 heteroatoms. The van der Waals surface area contributed by atoms with Crippen LogP contribution in [0.25, 0.3) is 10.8 Å². The number of nitrogens with zero attached hydrogens (tertiary/aromatic N) is 4. The van der Waals surface area contributed by atoms with E-state index in [1.165, 1.54) is 54.6 Å². The first-order chi connectivity index (χ1) is 24.9. The fraction of sp³-hybridized carbons (Fsp3) is 0.312. The maximum atomic E-state index is 12.8. The molecule has 0 aliphatic carbocycles. The van der Waals surface area contributed by atoms with Crippen LogP contribution in [0.1, 0.15) is 0 Å². The van der Waals surface area contributed by atoms with E-state index in [4.69, 9.17) is 11.0 Å². The number of azo groups is 2. The molecular formula is C32H41N5O11S4Si2. The molecule has 0 aromatic heterocycles. The summed E-state index contributed by atoms with van der Waals surface area (Å²) in [6.07, 6.45) is 0. The summed E-state index contributed by atoms with van der Waals surface area (Å²) in [7, 11) is -15.3. The van der Waals surface area contributed by atoms with Crippen LogP contribution in [0.3, 0.4) is 0 Å². The fourth-order valence-corrected chi connectivity index (χ4v) is 14.6. The van der Waals surface area contributed by atoms with E-state index in [1.54, 1.807) is 0 Å². The molecule has 0 atom stereocenters. The zero-order chi connectivity index (χ0) is 40.3. The predicted octanol–water partition coefficient (Wildman–Crippen LogP) is 8.86. The zero-order valence-corrected chi connectivity index (χ0v) is 35.5. The summed E-state index contributed by atoms with van der Waals surface area (Å²) in [5, 5.41) is 39.9. The molecule has 5 N–H and O–H groups in total. The van der Waals surface area contributed by atoms with Gasteiger partial charge in [0.15, 0.2) is 25.4 Å². The van der Waals surface area contributed by atoms with E-state index in [1.807, 2.05) is 0 Å². The normalized spacial score (nSPS) is 13.4. The first-order valence-electron chi connectivity index (χ1n) is 16.2. The third-order valence-electron chi connectivity index (χ3n) is 7.91. The number of anilines is 1. The second-order valence-electron chi connectivity index (χ2n) is 14.7. The Balaban J connectivity index is 1.76. The van der Waals surface area contributed by atoms with Gasteiger partial charge < -0.3 is 10.8 Å². The highest BCUT2D eigenvalue weighted by Crippen LogP contribution is 2.49. The zero-order valence-electron chi connectivity index (χ0n) is 30.2. The molecule has 16 nitrogen and oxygen atoms in total. The summed E-state index contributed by atoms with van der Waals surface area (Å²) >= 11 is 0.364. The summed E-state index contributed by atoms with van der Waals surface area (Å²) in [5.74, 6) is -0.635. The van der Waals surface area contributed by atoms with Gasteiger partial charge in [0, 0.05) is 16.1 Å². The van der Waals surface area contributed by atoms with Gasteiger partial charge in [-0.15, -0.1) is 14.6 Å². The monoisotopic (exact) mass is 855 g/mol. The number of sulfone groups is 2. The van der Waals surface area contributed by atoms with Crippen molar-refractivity contribution in [2.24, 2.45) is 20.5 Å². The molecule has 4 rings (SSSR count). The van der Waals surface area contributed by atoms with Crippen LogP contribution < -0.4 is 5.73 Å². The van der Waals surface area contributed by atoms with Crippen LogP contribution in [0, 0.1) is 0 Å². The molecule has 0 bridgehead atoms. The van der Waals surface area contributed by atoms with Crippen molar-refractivity contribution in [3.8, 4) is 5.75 Å². The molecule has 0 heterocycles. The number of aromatic hydroxyl groups is 1.